The van der Waals surface area contributed by atoms with Gasteiger partial charge in [-0.3, -0.25) is 4.79 Å². The molecule has 24 heavy (non-hydrogen) atoms. The first-order valence-electron chi connectivity index (χ1n) is 10.3. The van der Waals surface area contributed by atoms with Crippen molar-refractivity contribution in [3.63, 3.8) is 0 Å². The van der Waals surface area contributed by atoms with Crippen LogP contribution in [0.3, 0.4) is 0 Å². The van der Waals surface area contributed by atoms with Crippen molar-refractivity contribution < 1.29 is 14.6 Å². The SMILES string of the molecule is CCCCCCCCC(OC(=O)CCCCCNCCO)C1CC1. The maximum Gasteiger partial charge on any atom is 0.306 e. The van der Waals surface area contributed by atoms with Crippen LogP contribution in [0.15, 0.2) is 0 Å². The van der Waals surface area contributed by atoms with Gasteiger partial charge in [-0.1, -0.05) is 45.4 Å². The van der Waals surface area contributed by atoms with Crippen molar-refractivity contribution >= 4 is 5.97 Å². The lowest BCUT2D eigenvalue weighted by Crippen LogP contribution is -2.21. The quantitative estimate of drug-likeness (QED) is 0.307. The lowest BCUT2D eigenvalue weighted by molar-refractivity contribution is -0.150. The summed E-state index contributed by atoms with van der Waals surface area (Å²) in [6, 6.07) is 0. The molecule has 1 atom stereocenters. The lowest BCUT2D eigenvalue weighted by Gasteiger charge is -2.17. The van der Waals surface area contributed by atoms with E-state index in [1.807, 2.05) is 0 Å². The number of aliphatic hydroxyl groups excluding tert-OH is 1. The molecule has 1 fully saturated rings. The molecule has 0 aromatic carbocycles. The van der Waals surface area contributed by atoms with Crippen LogP contribution in [0.1, 0.15) is 90.4 Å². The van der Waals surface area contributed by atoms with Crippen molar-refractivity contribution in [2.24, 2.45) is 5.92 Å². The summed E-state index contributed by atoms with van der Waals surface area (Å²) in [5.41, 5.74) is 0. The monoisotopic (exact) mass is 341 g/mol. The van der Waals surface area contributed by atoms with Gasteiger partial charge in [0.2, 0.25) is 0 Å². The Morgan fingerprint density at radius 3 is 2.46 bits per heavy atom. The number of unbranched alkanes of at least 4 members (excludes halogenated alkanes) is 7. The fourth-order valence-corrected chi connectivity index (χ4v) is 3.11. The molecule has 0 saturated heterocycles. The molecule has 0 bridgehead atoms. The van der Waals surface area contributed by atoms with Crippen LogP contribution >= 0.6 is 0 Å². The third-order valence-corrected chi connectivity index (χ3v) is 4.80. The Kier molecular flexibility index (Phi) is 13.1. The normalized spacial score (nSPS) is 15.4. The van der Waals surface area contributed by atoms with E-state index in [9.17, 15) is 4.79 Å². The Morgan fingerprint density at radius 1 is 1.04 bits per heavy atom. The molecule has 4 nitrogen and oxygen atoms in total. The molecule has 1 aliphatic carbocycles. The molecule has 0 amide bonds. The second-order valence-corrected chi connectivity index (χ2v) is 7.21. The predicted molar refractivity (Wildman–Crippen MR) is 99.0 cm³/mol. The molecule has 0 aromatic rings. The fourth-order valence-electron chi connectivity index (χ4n) is 3.11. The average molecular weight is 342 g/mol. The largest absolute Gasteiger partial charge is 0.462 e. The minimum Gasteiger partial charge on any atom is -0.462 e. The zero-order valence-corrected chi connectivity index (χ0v) is 15.7. The number of nitrogens with one attached hydrogen (secondary N) is 1. The van der Waals surface area contributed by atoms with E-state index in [2.05, 4.69) is 12.2 Å². The van der Waals surface area contributed by atoms with Gasteiger partial charge in [-0.2, -0.15) is 0 Å². The van der Waals surface area contributed by atoms with Gasteiger partial charge in [-0.25, -0.2) is 0 Å². The van der Waals surface area contributed by atoms with E-state index in [0.717, 1.165) is 32.2 Å². The first-order chi connectivity index (χ1) is 11.8. The molecule has 0 aromatic heterocycles. The first kappa shape index (κ1) is 21.4. The molecule has 1 rings (SSSR count). The van der Waals surface area contributed by atoms with Gasteiger partial charge in [0, 0.05) is 13.0 Å². The minimum atomic E-state index is 0.00111. The summed E-state index contributed by atoms with van der Waals surface area (Å²) in [4.78, 5) is 12.0. The Balaban J connectivity index is 2.02. The summed E-state index contributed by atoms with van der Waals surface area (Å²) in [7, 11) is 0. The molecule has 0 spiro atoms. The molecule has 0 aliphatic heterocycles. The molecule has 1 aliphatic rings. The number of hydrogen-bond acceptors (Lipinski definition) is 4. The van der Waals surface area contributed by atoms with Crippen molar-refractivity contribution in [2.45, 2.75) is 96.5 Å². The number of esters is 1. The number of rotatable bonds is 17. The zero-order chi connectivity index (χ0) is 17.5. The molecule has 0 radical (unpaired) electrons. The molecule has 0 heterocycles. The van der Waals surface area contributed by atoms with Crippen molar-refractivity contribution in [1.82, 2.24) is 5.32 Å². The maximum atomic E-state index is 12.0. The van der Waals surface area contributed by atoms with Gasteiger partial charge in [0.25, 0.3) is 0 Å². The summed E-state index contributed by atoms with van der Waals surface area (Å²) in [6.07, 6.45) is 15.1. The number of ether oxygens (including phenoxy) is 1. The van der Waals surface area contributed by atoms with Gasteiger partial charge in [-0.05, 0) is 51.0 Å². The Hall–Kier alpha value is -0.610. The number of hydrogen-bond donors (Lipinski definition) is 2. The van der Waals surface area contributed by atoms with E-state index in [4.69, 9.17) is 9.84 Å². The van der Waals surface area contributed by atoms with Crippen LogP contribution in [-0.4, -0.2) is 36.9 Å². The highest BCUT2D eigenvalue weighted by Crippen LogP contribution is 2.37. The topological polar surface area (TPSA) is 58.6 Å². The highest BCUT2D eigenvalue weighted by Gasteiger charge is 2.33. The van der Waals surface area contributed by atoms with E-state index >= 15 is 0 Å². The van der Waals surface area contributed by atoms with E-state index in [1.54, 1.807) is 0 Å². The van der Waals surface area contributed by atoms with E-state index in [1.165, 1.54) is 51.4 Å². The van der Waals surface area contributed by atoms with E-state index in [0.29, 0.717) is 18.9 Å². The van der Waals surface area contributed by atoms with Crippen LogP contribution in [0.4, 0.5) is 0 Å². The van der Waals surface area contributed by atoms with Gasteiger partial charge in [0.1, 0.15) is 6.10 Å². The van der Waals surface area contributed by atoms with Gasteiger partial charge < -0.3 is 15.2 Å². The summed E-state index contributed by atoms with van der Waals surface area (Å²) in [6.45, 7) is 4.00. The maximum absolute atomic E-state index is 12.0. The minimum absolute atomic E-state index is 0.00111. The smallest absolute Gasteiger partial charge is 0.306 e. The van der Waals surface area contributed by atoms with Crippen LogP contribution in [0.5, 0.6) is 0 Å². The molecular formula is C20H39NO3. The van der Waals surface area contributed by atoms with Crippen molar-refractivity contribution in [3.8, 4) is 0 Å². The highest BCUT2D eigenvalue weighted by molar-refractivity contribution is 5.69. The molecule has 1 unspecified atom stereocenters. The molecule has 4 heteroatoms. The molecular weight excluding hydrogens is 302 g/mol. The number of carbonyl (C=O) groups excluding carboxylic acids is 1. The second kappa shape index (κ2) is 14.7. The van der Waals surface area contributed by atoms with Gasteiger partial charge in [0.15, 0.2) is 0 Å². The van der Waals surface area contributed by atoms with Gasteiger partial charge >= 0.3 is 5.97 Å². The van der Waals surface area contributed by atoms with Gasteiger partial charge in [0.05, 0.1) is 6.61 Å². The van der Waals surface area contributed by atoms with Crippen molar-refractivity contribution in [2.75, 3.05) is 19.7 Å². The average Bonchev–Trinajstić information content (AvgIpc) is 3.41. The van der Waals surface area contributed by atoms with Crippen LogP contribution in [0.2, 0.25) is 0 Å². The summed E-state index contributed by atoms with van der Waals surface area (Å²) >= 11 is 0. The highest BCUT2D eigenvalue weighted by atomic mass is 16.5. The summed E-state index contributed by atoms with van der Waals surface area (Å²) in [5.74, 6) is 0.647. The first-order valence-corrected chi connectivity index (χ1v) is 10.3. The van der Waals surface area contributed by atoms with Crippen LogP contribution < -0.4 is 5.32 Å². The van der Waals surface area contributed by atoms with Crippen molar-refractivity contribution in [3.05, 3.63) is 0 Å². The van der Waals surface area contributed by atoms with E-state index < -0.39 is 0 Å². The standard InChI is InChI=1S/C20H39NO3/c1-2-3-4-5-6-8-11-19(18-13-14-18)24-20(23)12-9-7-10-15-21-16-17-22/h18-19,21-22H,2-17H2,1H3. The number of aliphatic hydroxyl groups is 1. The molecule has 142 valence electrons. The van der Waals surface area contributed by atoms with Crippen molar-refractivity contribution in [1.29, 1.82) is 0 Å². The molecule has 1 saturated carbocycles. The third-order valence-electron chi connectivity index (χ3n) is 4.80. The molecule has 2 N–H and O–H groups in total. The van der Waals surface area contributed by atoms with Crippen LogP contribution in [-0.2, 0) is 9.53 Å². The van der Waals surface area contributed by atoms with E-state index in [-0.39, 0.29) is 18.7 Å². The Labute approximate surface area is 148 Å². The summed E-state index contributed by atoms with van der Waals surface area (Å²) in [5, 5.41) is 11.8. The fraction of sp³-hybridized carbons (Fsp3) is 0.950. The Bertz CT molecular complexity index is 305. The van der Waals surface area contributed by atoms with Crippen LogP contribution in [0.25, 0.3) is 0 Å². The van der Waals surface area contributed by atoms with Crippen LogP contribution in [0, 0.1) is 5.92 Å². The number of carbonyl (C=O) groups is 1. The lowest BCUT2D eigenvalue weighted by atomic mass is 10.0. The predicted octanol–water partition coefficient (Wildman–Crippen LogP) is 4.20. The third kappa shape index (κ3) is 11.9. The zero-order valence-electron chi connectivity index (χ0n) is 15.7. The Morgan fingerprint density at radius 2 is 1.75 bits per heavy atom. The van der Waals surface area contributed by atoms with Gasteiger partial charge in [-0.15, -0.1) is 0 Å². The summed E-state index contributed by atoms with van der Waals surface area (Å²) < 4.78 is 5.76. The second-order valence-electron chi connectivity index (χ2n) is 7.21.